The fourth-order valence-electron chi connectivity index (χ4n) is 1.75. The van der Waals surface area contributed by atoms with Crippen molar-refractivity contribution in [1.29, 1.82) is 0 Å². The van der Waals surface area contributed by atoms with E-state index in [0.29, 0.717) is 17.8 Å². The summed E-state index contributed by atoms with van der Waals surface area (Å²) < 4.78 is 13.6. The van der Waals surface area contributed by atoms with E-state index in [-0.39, 0.29) is 5.82 Å². The molecular weight excluding hydrogens is 243 g/mol. The molecule has 2 rings (SSSR count). The summed E-state index contributed by atoms with van der Waals surface area (Å²) in [5.74, 6) is -0.724. The summed E-state index contributed by atoms with van der Waals surface area (Å²) in [7, 11) is 0. The van der Waals surface area contributed by atoms with Crippen molar-refractivity contribution in [2.45, 2.75) is 13.5 Å². The molecule has 0 saturated carbocycles. The third-order valence-electron chi connectivity index (χ3n) is 2.85. The molecule has 0 aliphatic heterocycles. The zero-order valence-corrected chi connectivity index (χ0v) is 10.6. The van der Waals surface area contributed by atoms with E-state index in [2.05, 4.69) is 5.32 Å². The highest BCUT2D eigenvalue weighted by atomic mass is 19.1. The standard InChI is InChI=1S/C15H15FN2O/c1-10-2-7-14(13(16)8-10)18-9-11-3-5-12(6-4-11)15(17)19/h2-8,18H,9H2,1H3,(H2,17,19). The van der Waals surface area contributed by atoms with Crippen molar-refractivity contribution in [2.75, 3.05) is 5.32 Å². The highest BCUT2D eigenvalue weighted by Gasteiger charge is 2.03. The molecule has 2 aromatic rings. The van der Waals surface area contributed by atoms with E-state index in [1.54, 1.807) is 30.3 Å². The average Bonchev–Trinajstić information content (AvgIpc) is 2.38. The molecule has 3 nitrogen and oxygen atoms in total. The topological polar surface area (TPSA) is 55.1 Å². The van der Waals surface area contributed by atoms with Gasteiger partial charge in [-0.15, -0.1) is 0 Å². The van der Waals surface area contributed by atoms with Gasteiger partial charge in [0, 0.05) is 12.1 Å². The number of nitrogens with one attached hydrogen (secondary N) is 1. The summed E-state index contributed by atoms with van der Waals surface area (Å²) in [5.41, 5.74) is 7.92. The van der Waals surface area contributed by atoms with Crippen LogP contribution < -0.4 is 11.1 Å². The van der Waals surface area contributed by atoms with Crippen LogP contribution in [0.1, 0.15) is 21.5 Å². The Hall–Kier alpha value is -2.36. The molecule has 0 bridgehead atoms. The minimum Gasteiger partial charge on any atom is -0.379 e. The largest absolute Gasteiger partial charge is 0.379 e. The number of amides is 1. The number of hydrogen-bond donors (Lipinski definition) is 2. The number of anilines is 1. The zero-order chi connectivity index (χ0) is 13.8. The number of carbonyl (C=O) groups excluding carboxylic acids is 1. The molecule has 98 valence electrons. The van der Waals surface area contributed by atoms with Gasteiger partial charge in [0.1, 0.15) is 5.82 Å². The molecule has 0 radical (unpaired) electrons. The zero-order valence-electron chi connectivity index (χ0n) is 10.6. The number of primary amides is 1. The molecule has 0 heterocycles. The van der Waals surface area contributed by atoms with Crippen LogP contribution in [0.2, 0.25) is 0 Å². The van der Waals surface area contributed by atoms with E-state index in [0.717, 1.165) is 11.1 Å². The Morgan fingerprint density at radius 1 is 1.21 bits per heavy atom. The van der Waals surface area contributed by atoms with Gasteiger partial charge in [-0.3, -0.25) is 4.79 Å². The Kier molecular flexibility index (Phi) is 3.80. The van der Waals surface area contributed by atoms with Crippen LogP contribution in [0.5, 0.6) is 0 Å². The normalized spacial score (nSPS) is 10.2. The Morgan fingerprint density at radius 2 is 1.89 bits per heavy atom. The third-order valence-corrected chi connectivity index (χ3v) is 2.85. The van der Waals surface area contributed by atoms with Crippen LogP contribution in [0, 0.1) is 12.7 Å². The van der Waals surface area contributed by atoms with Crippen LogP contribution >= 0.6 is 0 Å². The molecule has 0 fully saturated rings. The fraction of sp³-hybridized carbons (Fsp3) is 0.133. The van der Waals surface area contributed by atoms with Crippen molar-refractivity contribution in [3.05, 3.63) is 65.0 Å². The molecule has 0 atom stereocenters. The molecule has 19 heavy (non-hydrogen) atoms. The Labute approximate surface area is 111 Å². The second kappa shape index (κ2) is 5.52. The van der Waals surface area contributed by atoms with Gasteiger partial charge in [-0.05, 0) is 42.3 Å². The van der Waals surface area contributed by atoms with Crippen LogP contribution in [0.3, 0.4) is 0 Å². The summed E-state index contributed by atoms with van der Waals surface area (Å²) in [6.45, 7) is 2.33. The summed E-state index contributed by atoms with van der Waals surface area (Å²) in [5, 5.41) is 3.01. The Bertz CT molecular complexity index is 594. The van der Waals surface area contributed by atoms with Crippen molar-refractivity contribution in [3.63, 3.8) is 0 Å². The van der Waals surface area contributed by atoms with E-state index in [4.69, 9.17) is 5.73 Å². The molecule has 2 aromatic carbocycles. The molecular formula is C15H15FN2O. The quantitative estimate of drug-likeness (QED) is 0.886. The lowest BCUT2D eigenvalue weighted by molar-refractivity contribution is 0.100. The van der Waals surface area contributed by atoms with Crippen molar-refractivity contribution in [2.24, 2.45) is 5.73 Å². The lowest BCUT2D eigenvalue weighted by Crippen LogP contribution is -2.10. The van der Waals surface area contributed by atoms with Gasteiger partial charge in [-0.2, -0.15) is 0 Å². The van der Waals surface area contributed by atoms with Crippen molar-refractivity contribution in [1.82, 2.24) is 0 Å². The van der Waals surface area contributed by atoms with Crippen LogP contribution in [0.15, 0.2) is 42.5 Å². The molecule has 0 aliphatic rings. The first-order valence-electron chi connectivity index (χ1n) is 5.95. The number of nitrogens with two attached hydrogens (primary N) is 1. The van der Waals surface area contributed by atoms with E-state index in [1.165, 1.54) is 6.07 Å². The van der Waals surface area contributed by atoms with Gasteiger partial charge in [0.25, 0.3) is 0 Å². The smallest absolute Gasteiger partial charge is 0.248 e. The third kappa shape index (κ3) is 3.31. The summed E-state index contributed by atoms with van der Waals surface area (Å²) in [4.78, 5) is 10.9. The van der Waals surface area contributed by atoms with Crippen molar-refractivity contribution >= 4 is 11.6 Å². The molecule has 0 unspecified atom stereocenters. The molecule has 0 spiro atoms. The number of aryl methyl sites for hydroxylation is 1. The highest BCUT2D eigenvalue weighted by Crippen LogP contribution is 2.16. The van der Waals surface area contributed by atoms with Crippen molar-refractivity contribution < 1.29 is 9.18 Å². The lowest BCUT2D eigenvalue weighted by Gasteiger charge is -2.08. The first-order valence-corrected chi connectivity index (χ1v) is 5.95. The van der Waals surface area contributed by atoms with Crippen LogP contribution in [0.25, 0.3) is 0 Å². The molecule has 0 aliphatic carbocycles. The molecule has 1 amide bonds. The second-order valence-corrected chi connectivity index (χ2v) is 4.40. The van der Waals surface area contributed by atoms with Gasteiger partial charge in [-0.25, -0.2) is 4.39 Å². The number of halogens is 1. The van der Waals surface area contributed by atoms with E-state index in [1.807, 2.05) is 13.0 Å². The van der Waals surface area contributed by atoms with E-state index >= 15 is 0 Å². The van der Waals surface area contributed by atoms with Crippen LogP contribution in [-0.2, 0) is 6.54 Å². The minimum atomic E-state index is -0.455. The number of carbonyl (C=O) groups is 1. The molecule has 3 N–H and O–H groups in total. The van der Waals surface area contributed by atoms with E-state index < -0.39 is 5.91 Å². The lowest BCUT2D eigenvalue weighted by atomic mass is 10.1. The fourth-order valence-corrected chi connectivity index (χ4v) is 1.75. The van der Waals surface area contributed by atoms with Gasteiger partial charge in [0.05, 0.1) is 5.69 Å². The van der Waals surface area contributed by atoms with Gasteiger partial charge < -0.3 is 11.1 Å². The Morgan fingerprint density at radius 3 is 2.47 bits per heavy atom. The van der Waals surface area contributed by atoms with Gasteiger partial charge in [0.2, 0.25) is 5.91 Å². The van der Waals surface area contributed by atoms with Crippen molar-refractivity contribution in [3.8, 4) is 0 Å². The predicted octanol–water partition coefficient (Wildman–Crippen LogP) is 2.85. The molecule has 4 heteroatoms. The number of benzene rings is 2. The summed E-state index contributed by atoms with van der Waals surface area (Å²) in [6, 6.07) is 11.9. The monoisotopic (exact) mass is 258 g/mol. The highest BCUT2D eigenvalue weighted by molar-refractivity contribution is 5.92. The van der Waals surface area contributed by atoms with Crippen LogP contribution in [-0.4, -0.2) is 5.91 Å². The SMILES string of the molecule is Cc1ccc(NCc2ccc(C(N)=O)cc2)c(F)c1. The maximum absolute atomic E-state index is 13.6. The maximum Gasteiger partial charge on any atom is 0.248 e. The first-order chi connectivity index (χ1) is 9.06. The summed E-state index contributed by atoms with van der Waals surface area (Å²) >= 11 is 0. The molecule has 0 aromatic heterocycles. The first kappa shape index (κ1) is 13.1. The molecule has 0 saturated heterocycles. The predicted molar refractivity (Wildman–Crippen MR) is 73.4 cm³/mol. The number of hydrogen-bond acceptors (Lipinski definition) is 2. The second-order valence-electron chi connectivity index (χ2n) is 4.40. The minimum absolute atomic E-state index is 0.270. The average molecular weight is 258 g/mol. The van der Waals surface area contributed by atoms with Gasteiger partial charge >= 0.3 is 0 Å². The van der Waals surface area contributed by atoms with E-state index in [9.17, 15) is 9.18 Å². The summed E-state index contributed by atoms with van der Waals surface area (Å²) in [6.07, 6.45) is 0. The van der Waals surface area contributed by atoms with Gasteiger partial charge in [-0.1, -0.05) is 18.2 Å². The number of rotatable bonds is 4. The maximum atomic E-state index is 13.6. The van der Waals surface area contributed by atoms with Gasteiger partial charge in [0.15, 0.2) is 0 Å². The van der Waals surface area contributed by atoms with Crippen LogP contribution in [0.4, 0.5) is 10.1 Å². The Balaban J connectivity index is 2.04.